The predicted molar refractivity (Wildman–Crippen MR) is 70.5 cm³/mol. The van der Waals surface area contributed by atoms with E-state index in [2.05, 4.69) is 13.6 Å². The molecular formula is C13H23N2O4+. The summed E-state index contributed by atoms with van der Waals surface area (Å²) in [5.41, 5.74) is -0.152. The number of ether oxygens (including phenoxy) is 2. The Morgan fingerprint density at radius 1 is 1.42 bits per heavy atom. The number of amides is 1. The summed E-state index contributed by atoms with van der Waals surface area (Å²) in [6.07, 6.45) is 1.40. The highest BCUT2D eigenvalue weighted by Crippen LogP contribution is 2.23. The van der Waals surface area contributed by atoms with Crippen molar-refractivity contribution in [1.82, 2.24) is 4.90 Å². The Bertz CT molecular complexity index is 370. The second-order valence-electron chi connectivity index (χ2n) is 5.08. The highest BCUT2D eigenvalue weighted by Gasteiger charge is 2.40. The van der Waals surface area contributed by atoms with E-state index < -0.39 is 12.1 Å². The van der Waals surface area contributed by atoms with E-state index in [1.54, 1.807) is 11.8 Å². The van der Waals surface area contributed by atoms with E-state index in [-0.39, 0.29) is 18.8 Å². The van der Waals surface area contributed by atoms with E-state index in [4.69, 9.17) is 9.47 Å². The molecule has 1 aliphatic heterocycles. The molecule has 1 amide bonds. The fraction of sp³-hybridized carbons (Fsp3) is 0.769. The minimum absolute atomic E-state index is 0.152. The molecule has 6 nitrogen and oxygen atoms in total. The van der Waals surface area contributed by atoms with Crippen molar-refractivity contribution in [2.24, 2.45) is 0 Å². The third-order valence-corrected chi connectivity index (χ3v) is 3.47. The van der Waals surface area contributed by atoms with Crippen molar-refractivity contribution in [3.8, 4) is 0 Å². The number of likely N-dealkylation sites (N-methyl/N-ethyl adjacent to an activating group) is 1. The van der Waals surface area contributed by atoms with Gasteiger partial charge >= 0.3 is 12.1 Å². The maximum atomic E-state index is 11.9. The summed E-state index contributed by atoms with van der Waals surface area (Å²) in [5, 5.41) is 0. The first kappa shape index (κ1) is 15.5. The molecule has 1 heterocycles. The summed E-state index contributed by atoms with van der Waals surface area (Å²) in [6, 6.07) is 0. The van der Waals surface area contributed by atoms with Crippen LogP contribution >= 0.6 is 0 Å². The molecule has 1 unspecified atom stereocenters. The molecule has 19 heavy (non-hydrogen) atoms. The summed E-state index contributed by atoms with van der Waals surface area (Å²) in [4.78, 5) is 24.6. The molecule has 1 atom stereocenters. The Kier molecular flexibility index (Phi) is 5.32. The lowest BCUT2D eigenvalue weighted by Crippen LogP contribution is -2.53. The first-order chi connectivity index (χ1) is 8.89. The number of likely N-dealkylation sites (tertiary alicyclic amines) is 1. The van der Waals surface area contributed by atoms with Crippen molar-refractivity contribution >= 4 is 18.8 Å². The molecule has 1 saturated heterocycles. The molecule has 0 spiro atoms. The molecule has 0 aromatic heterocycles. The second-order valence-corrected chi connectivity index (χ2v) is 5.08. The quantitative estimate of drug-likeness (QED) is 0.433. The van der Waals surface area contributed by atoms with Gasteiger partial charge in [-0.2, -0.15) is 0 Å². The van der Waals surface area contributed by atoms with E-state index in [0.29, 0.717) is 13.1 Å². The van der Waals surface area contributed by atoms with Crippen LogP contribution in [0.1, 0.15) is 26.7 Å². The average molecular weight is 271 g/mol. The van der Waals surface area contributed by atoms with Crippen LogP contribution in [0.3, 0.4) is 0 Å². The largest absolute Gasteiger partial charge is 0.463 e. The zero-order valence-corrected chi connectivity index (χ0v) is 12.0. The summed E-state index contributed by atoms with van der Waals surface area (Å²) in [5.74, 6) is -0.523. The third kappa shape index (κ3) is 4.22. The van der Waals surface area contributed by atoms with Gasteiger partial charge in [0.05, 0.1) is 13.2 Å². The van der Waals surface area contributed by atoms with Gasteiger partial charge in [0.2, 0.25) is 0 Å². The maximum absolute atomic E-state index is 11.9. The van der Waals surface area contributed by atoms with Crippen LogP contribution in [0.2, 0.25) is 0 Å². The normalized spacial score (nSPS) is 22.8. The summed E-state index contributed by atoms with van der Waals surface area (Å²) in [6.45, 7) is 8.82. The van der Waals surface area contributed by atoms with Gasteiger partial charge in [-0.15, -0.1) is 0 Å². The molecule has 0 aromatic carbocycles. The Morgan fingerprint density at radius 2 is 2.11 bits per heavy atom. The van der Waals surface area contributed by atoms with Gasteiger partial charge in [0.25, 0.3) is 0 Å². The van der Waals surface area contributed by atoms with E-state index in [9.17, 15) is 9.59 Å². The zero-order valence-electron chi connectivity index (χ0n) is 12.0. The van der Waals surface area contributed by atoms with Crippen molar-refractivity contribution in [3.05, 3.63) is 0 Å². The lowest BCUT2D eigenvalue weighted by Gasteiger charge is -2.36. The van der Waals surface area contributed by atoms with Crippen LogP contribution in [-0.4, -0.2) is 67.1 Å². The van der Waals surface area contributed by atoms with Crippen molar-refractivity contribution in [1.29, 1.82) is 0 Å². The van der Waals surface area contributed by atoms with Gasteiger partial charge in [-0.25, -0.2) is 14.2 Å². The van der Waals surface area contributed by atoms with Gasteiger partial charge in [0.15, 0.2) is 12.1 Å². The molecular weight excluding hydrogens is 248 g/mol. The molecule has 108 valence electrons. The Morgan fingerprint density at radius 3 is 2.68 bits per heavy atom. The molecule has 1 aliphatic rings. The lowest BCUT2D eigenvalue weighted by molar-refractivity contribution is -0.575. The van der Waals surface area contributed by atoms with Gasteiger partial charge < -0.3 is 14.4 Å². The van der Waals surface area contributed by atoms with E-state index in [1.165, 1.54) is 0 Å². The van der Waals surface area contributed by atoms with Crippen LogP contribution in [0.4, 0.5) is 4.79 Å². The molecule has 1 rings (SSSR count). The van der Waals surface area contributed by atoms with Gasteiger partial charge in [-0.05, 0) is 13.3 Å². The highest BCUT2D eigenvalue weighted by molar-refractivity contribution is 5.75. The number of esters is 1. The fourth-order valence-corrected chi connectivity index (χ4v) is 2.10. The zero-order chi connectivity index (χ0) is 14.5. The molecule has 0 aliphatic carbocycles. The lowest BCUT2D eigenvalue weighted by atomic mass is 9.91. The number of hydrogen-bond acceptors (Lipinski definition) is 4. The molecule has 6 heteroatoms. The number of carbonyl (C=O) groups is 2. The highest BCUT2D eigenvalue weighted by atomic mass is 16.6. The molecule has 1 fully saturated rings. The molecule has 0 aromatic rings. The number of piperidine rings is 1. The number of nitrogens with zero attached hydrogens (tertiary/aromatic N) is 2. The van der Waals surface area contributed by atoms with Crippen LogP contribution in [0, 0.1) is 0 Å². The van der Waals surface area contributed by atoms with Crippen molar-refractivity contribution in [2.45, 2.75) is 32.2 Å². The van der Waals surface area contributed by atoms with Gasteiger partial charge in [0, 0.05) is 19.9 Å². The number of carbonyl (C=O) groups excluding carboxylic acids is 2. The Hall–Kier alpha value is -1.59. The van der Waals surface area contributed by atoms with Crippen LogP contribution < -0.4 is 0 Å². The first-order valence-electron chi connectivity index (χ1n) is 6.50. The monoisotopic (exact) mass is 271 g/mol. The fourth-order valence-electron chi connectivity index (χ4n) is 2.10. The Balaban J connectivity index is 2.49. The van der Waals surface area contributed by atoms with Crippen molar-refractivity contribution in [3.63, 3.8) is 0 Å². The minimum atomic E-state index is -0.523. The minimum Gasteiger partial charge on any atom is -0.463 e. The molecule has 0 bridgehead atoms. The summed E-state index contributed by atoms with van der Waals surface area (Å²) < 4.78 is 11.5. The number of rotatable bonds is 4. The van der Waals surface area contributed by atoms with E-state index in [0.717, 1.165) is 12.8 Å². The Labute approximate surface area is 114 Å². The summed E-state index contributed by atoms with van der Waals surface area (Å²) >= 11 is 0. The maximum Gasteiger partial charge on any atom is 0.410 e. The third-order valence-electron chi connectivity index (χ3n) is 3.47. The van der Waals surface area contributed by atoms with Crippen molar-refractivity contribution < 1.29 is 23.6 Å². The van der Waals surface area contributed by atoms with E-state index >= 15 is 0 Å². The molecule has 0 saturated carbocycles. The van der Waals surface area contributed by atoms with Crippen LogP contribution in [0.25, 0.3) is 0 Å². The molecule has 0 N–H and O–H groups in total. The van der Waals surface area contributed by atoms with Crippen LogP contribution in [0.5, 0.6) is 0 Å². The summed E-state index contributed by atoms with van der Waals surface area (Å²) in [7, 11) is 1.90. The van der Waals surface area contributed by atoms with Crippen molar-refractivity contribution in [2.75, 3.05) is 33.4 Å². The van der Waals surface area contributed by atoms with E-state index in [1.807, 2.05) is 11.6 Å². The van der Waals surface area contributed by atoms with Gasteiger partial charge in [0.1, 0.15) is 13.8 Å². The second kappa shape index (κ2) is 6.54. The average Bonchev–Trinajstić information content (AvgIpc) is 2.36. The van der Waals surface area contributed by atoms with Crippen LogP contribution in [-0.2, 0) is 14.3 Å². The topological polar surface area (TPSA) is 58.8 Å². The first-order valence-corrected chi connectivity index (χ1v) is 6.50. The molecule has 0 radical (unpaired) electrons. The standard InChI is InChI=1S/C13H23N2O4/c1-5-18-11(16)9-19-12(17)15-8-6-7-13(2,10-15)14(3)4/h3,5-10H2,1-2,4H3/q+1. The number of hydrogen-bond donors (Lipinski definition) is 0. The van der Waals surface area contributed by atoms with Gasteiger partial charge in [-0.1, -0.05) is 0 Å². The van der Waals surface area contributed by atoms with Crippen LogP contribution in [0.15, 0.2) is 0 Å². The smallest absolute Gasteiger partial charge is 0.410 e. The SMILES string of the molecule is C=[N+](C)C1(C)CCCN(C(=O)OCC(=O)OCC)C1. The predicted octanol–water partition coefficient (Wildman–Crippen LogP) is 0.883. The van der Waals surface area contributed by atoms with Gasteiger partial charge in [-0.3, -0.25) is 0 Å².